The molecule has 2 aromatic rings. The molecule has 0 aliphatic carbocycles. The molecule has 0 amide bonds. The molecule has 5 nitrogen and oxygen atoms in total. The molecule has 0 aliphatic heterocycles. The van der Waals surface area contributed by atoms with Crippen molar-refractivity contribution >= 4 is 0 Å². The molecular weight excluding hydrogens is 214 g/mol. The van der Waals surface area contributed by atoms with E-state index in [9.17, 15) is 0 Å². The zero-order chi connectivity index (χ0) is 11.8. The molecule has 0 unspecified atom stereocenters. The third-order valence-electron chi connectivity index (χ3n) is 2.53. The Labute approximate surface area is 101 Å². The van der Waals surface area contributed by atoms with E-state index in [-0.39, 0.29) is 0 Å². The first-order valence-electron chi connectivity index (χ1n) is 5.86. The molecule has 2 aromatic heterocycles. The summed E-state index contributed by atoms with van der Waals surface area (Å²) >= 11 is 0. The van der Waals surface area contributed by atoms with E-state index < -0.39 is 0 Å². The number of hydrogen-bond donors (Lipinski definition) is 1. The Hall–Kier alpha value is -1.75. The minimum Gasteiger partial charge on any atom is -0.337 e. The Morgan fingerprint density at radius 3 is 2.94 bits per heavy atom. The van der Waals surface area contributed by atoms with Crippen molar-refractivity contribution < 1.29 is 0 Å². The van der Waals surface area contributed by atoms with Crippen LogP contribution in [0.2, 0.25) is 0 Å². The van der Waals surface area contributed by atoms with Crippen LogP contribution < -0.4 is 5.32 Å². The molecule has 2 heterocycles. The van der Waals surface area contributed by atoms with Crippen LogP contribution in [0, 0.1) is 0 Å². The molecule has 0 atom stereocenters. The summed E-state index contributed by atoms with van der Waals surface area (Å²) in [5, 5.41) is 3.37. The highest BCUT2D eigenvalue weighted by Gasteiger charge is 1.93. The van der Waals surface area contributed by atoms with Gasteiger partial charge >= 0.3 is 0 Å². The Morgan fingerprint density at radius 1 is 1.18 bits per heavy atom. The smallest absolute Gasteiger partial charge is 0.115 e. The van der Waals surface area contributed by atoms with Crippen LogP contribution in [0.3, 0.4) is 0 Å². The van der Waals surface area contributed by atoms with Crippen molar-refractivity contribution in [1.82, 2.24) is 24.8 Å². The minimum atomic E-state index is 0.813. The number of imidazole rings is 1. The summed E-state index contributed by atoms with van der Waals surface area (Å²) in [6.07, 6.45) is 11.3. The fourth-order valence-corrected chi connectivity index (χ4v) is 1.60. The lowest BCUT2D eigenvalue weighted by molar-refractivity contribution is 0.565. The van der Waals surface area contributed by atoms with Crippen LogP contribution in [0.15, 0.2) is 37.3 Å². The van der Waals surface area contributed by atoms with Crippen molar-refractivity contribution in [2.75, 3.05) is 6.54 Å². The van der Waals surface area contributed by atoms with E-state index in [4.69, 9.17) is 0 Å². The fraction of sp³-hybridized carbons (Fsp3) is 0.417. The highest BCUT2D eigenvalue weighted by molar-refractivity contribution is 4.96. The lowest BCUT2D eigenvalue weighted by atomic mass is 10.3. The van der Waals surface area contributed by atoms with Crippen LogP contribution in [0.25, 0.3) is 0 Å². The maximum Gasteiger partial charge on any atom is 0.115 e. The van der Waals surface area contributed by atoms with Crippen molar-refractivity contribution in [3.63, 3.8) is 0 Å². The molecule has 0 radical (unpaired) electrons. The number of aryl methyl sites for hydroxylation is 1. The summed E-state index contributed by atoms with van der Waals surface area (Å²) in [6.45, 7) is 2.86. The number of hydrogen-bond acceptors (Lipinski definition) is 4. The molecule has 0 aromatic carbocycles. The van der Waals surface area contributed by atoms with Crippen molar-refractivity contribution in [3.05, 3.63) is 43.0 Å². The summed E-state index contributed by atoms with van der Waals surface area (Å²) < 4.78 is 2.10. The van der Waals surface area contributed by atoms with E-state index in [0.717, 1.165) is 38.2 Å². The number of aromatic nitrogens is 4. The highest BCUT2D eigenvalue weighted by Crippen LogP contribution is 1.95. The van der Waals surface area contributed by atoms with Crippen molar-refractivity contribution in [3.8, 4) is 0 Å². The largest absolute Gasteiger partial charge is 0.337 e. The van der Waals surface area contributed by atoms with Gasteiger partial charge in [-0.1, -0.05) is 0 Å². The van der Waals surface area contributed by atoms with E-state index in [0.29, 0.717) is 0 Å². The second-order valence-corrected chi connectivity index (χ2v) is 3.89. The molecule has 0 aliphatic rings. The molecule has 1 N–H and O–H groups in total. The molecule has 5 heteroatoms. The maximum absolute atomic E-state index is 4.15. The summed E-state index contributed by atoms with van der Waals surface area (Å²) in [7, 11) is 0. The van der Waals surface area contributed by atoms with Gasteiger partial charge in [0.15, 0.2) is 0 Å². The van der Waals surface area contributed by atoms with E-state index in [1.165, 1.54) is 0 Å². The molecular formula is C12H17N5. The lowest BCUT2D eigenvalue weighted by Gasteiger charge is -2.04. The van der Waals surface area contributed by atoms with Crippen molar-refractivity contribution in [2.24, 2.45) is 0 Å². The summed E-state index contributed by atoms with van der Waals surface area (Å²) in [6, 6.07) is 1.93. The standard InChI is InChI=1S/C12H17N5/c1(2-7-17-8-6-15-11-17)4-13-9-12-3-5-14-10-16-12/h3,5-6,8,10-11,13H,1-2,4,7,9H2. The quantitative estimate of drug-likeness (QED) is 0.728. The summed E-state index contributed by atoms with van der Waals surface area (Å²) in [5.41, 5.74) is 1.04. The normalized spacial score (nSPS) is 10.6. The zero-order valence-electron chi connectivity index (χ0n) is 9.79. The van der Waals surface area contributed by atoms with E-state index in [2.05, 4.69) is 24.8 Å². The van der Waals surface area contributed by atoms with E-state index in [1.54, 1.807) is 12.5 Å². The summed E-state index contributed by atoms with van der Waals surface area (Å²) in [4.78, 5) is 12.0. The molecule has 17 heavy (non-hydrogen) atoms. The SMILES string of the molecule is c1cc(CNCCCCn2ccnc2)ncn1. The molecule has 0 saturated carbocycles. The van der Waals surface area contributed by atoms with Gasteiger partial charge in [-0.05, 0) is 25.5 Å². The van der Waals surface area contributed by atoms with Gasteiger partial charge in [-0.2, -0.15) is 0 Å². The number of rotatable bonds is 7. The predicted octanol–water partition coefficient (Wildman–Crippen LogP) is 1.24. The first kappa shape index (κ1) is 11.7. The predicted molar refractivity (Wildman–Crippen MR) is 65.2 cm³/mol. The van der Waals surface area contributed by atoms with Gasteiger partial charge in [-0.15, -0.1) is 0 Å². The van der Waals surface area contributed by atoms with Gasteiger partial charge in [0.25, 0.3) is 0 Å². The van der Waals surface area contributed by atoms with Crippen LogP contribution in [0.5, 0.6) is 0 Å². The van der Waals surface area contributed by atoms with Crippen molar-refractivity contribution in [2.45, 2.75) is 25.9 Å². The molecule has 0 bridgehead atoms. The Morgan fingerprint density at radius 2 is 2.18 bits per heavy atom. The van der Waals surface area contributed by atoms with Gasteiger partial charge in [0, 0.05) is 31.7 Å². The second kappa shape index (κ2) is 6.75. The Balaban J connectivity index is 1.52. The van der Waals surface area contributed by atoms with Crippen LogP contribution >= 0.6 is 0 Å². The van der Waals surface area contributed by atoms with Crippen LogP contribution in [0.1, 0.15) is 18.5 Å². The van der Waals surface area contributed by atoms with Crippen LogP contribution in [0.4, 0.5) is 0 Å². The van der Waals surface area contributed by atoms with Gasteiger partial charge in [-0.3, -0.25) is 0 Å². The van der Waals surface area contributed by atoms with Gasteiger partial charge in [0.05, 0.1) is 12.0 Å². The summed E-state index contributed by atoms with van der Waals surface area (Å²) in [5.74, 6) is 0. The Bertz CT molecular complexity index is 398. The molecule has 2 rings (SSSR count). The van der Waals surface area contributed by atoms with Gasteiger partial charge in [0.2, 0.25) is 0 Å². The van der Waals surface area contributed by atoms with E-state index >= 15 is 0 Å². The third-order valence-corrected chi connectivity index (χ3v) is 2.53. The third kappa shape index (κ3) is 4.32. The lowest BCUT2D eigenvalue weighted by Crippen LogP contribution is -2.16. The first-order chi connectivity index (χ1) is 8.45. The second-order valence-electron chi connectivity index (χ2n) is 3.89. The number of nitrogens with one attached hydrogen (secondary N) is 1. The van der Waals surface area contributed by atoms with Crippen LogP contribution in [-0.4, -0.2) is 26.1 Å². The fourth-order valence-electron chi connectivity index (χ4n) is 1.60. The number of nitrogens with zero attached hydrogens (tertiary/aromatic N) is 4. The highest BCUT2D eigenvalue weighted by atomic mass is 15.0. The average molecular weight is 231 g/mol. The number of unbranched alkanes of at least 4 members (excludes halogenated alkanes) is 1. The topological polar surface area (TPSA) is 55.6 Å². The monoisotopic (exact) mass is 231 g/mol. The molecule has 0 saturated heterocycles. The van der Waals surface area contributed by atoms with Crippen molar-refractivity contribution in [1.29, 1.82) is 0 Å². The average Bonchev–Trinajstić information content (AvgIpc) is 2.88. The Kier molecular flexibility index (Phi) is 4.66. The van der Waals surface area contributed by atoms with Gasteiger partial charge < -0.3 is 9.88 Å². The first-order valence-corrected chi connectivity index (χ1v) is 5.86. The molecule has 0 fully saturated rings. The zero-order valence-corrected chi connectivity index (χ0v) is 9.79. The van der Waals surface area contributed by atoms with E-state index in [1.807, 2.05) is 24.8 Å². The van der Waals surface area contributed by atoms with Gasteiger partial charge in [0.1, 0.15) is 6.33 Å². The van der Waals surface area contributed by atoms with Crippen LogP contribution in [-0.2, 0) is 13.1 Å². The van der Waals surface area contributed by atoms with Gasteiger partial charge in [-0.25, -0.2) is 15.0 Å². The minimum absolute atomic E-state index is 0.813. The molecule has 0 spiro atoms. The maximum atomic E-state index is 4.15. The molecule has 90 valence electrons.